The third-order valence-electron chi connectivity index (χ3n) is 1.51. The lowest BCUT2D eigenvalue weighted by atomic mass is 10.3. The van der Waals surface area contributed by atoms with Crippen molar-refractivity contribution in [1.82, 2.24) is 0 Å². The zero-order valence-electron chi connectivity index (χ0n) is 9.04. The number of rotatable bonds is 6. The van der Waals surface area contributed by atoms with Crippen LogP contribution in [0.25, 0.3) is 0 Å². The van der Waals surface area contributed by atoms with E-state index in [1.807, 2.05) is 6.92 Å². The Morgan fingerprint density at radius 2 is 2.20 bits per heavy atom. The predicted octanol–water partition coefficient (Wildman–Crippen LogP) is 1.72. The Hall–Kier alpha value is -1.45. The summed E-state index contributed by atoms with van der Waals surface area (Å²) >= 11 is 0. The molecular formula is C12H16O3. The number of esters is 1. The maximum absolute atomic E-state index is 11.0. The van der Waals surface area contributed by atoms with Crippen LogP contribution in [-0.4, -0.2) is 19.2 Å². The predicted molar refractivity (Wildman–Crippen MR) is 57.7 cm³/mol. The van der Waals surface area contributed by atoms with Crippen LogP contribution < -0.4 is 0 Å². The summed E-state index contributed by atoms with van der Waals surface area (Å²) in [6.45, 7) is 3.16. The molecule has 82 valence electrons. The Labute approximate surface area is 91.1 Å². The fourth-order valence-corrected chi connectivity index (χ4v) is 0.793. The minimum atomic E-state index is -0.317. The monoisotopic (exact) mass is 208 g/mol. The molecule has 0 N–H and O–H groups in total. The number of carbonyl (C=O) groups is 1. The van der Waals surface area contributed by atoms with Crippen molar-refractivity contribution in [2.75, 3.05) is 13.2 Å². The highest BCUT2D eigenvalue weighted by molar-refractivity contribution is 5.70. The second-order valence-electron chi connectivity index (χ2n) is 2.76. The fourth-order valence-electron chi connectivity index (χ4n) is 0.793. The first-order chi connectivity index (χ1) is 7.31. The van der Waals surface area contributed by atoms with Crippen LogP contribution in [0.2, 0.25) is 0 Å². The van der Waals surface area contributed by atoms with Crippen molar-refractivity contribution in [1.29, 1.82) is 0 Å². The first-order valence-electron chi connectivity index (χ1n) is 5.00. The minimum absolute atomic E-state index is 0.317. The molecule has 0 aliphatic heterocycles. The van der Waals surface area contributed by atoms with E-state index < -0.39 is 0 Å². The molecule has 0 aliphatic carbocycles. The van der Waals surface area contributed by atoms with Gasteiger partial charge in [0.1, 0.15) is 6.11 Å². The van der Waals surface area contributed by atoms with Crippen LogP contribution >= 0.6 is 0 Å². The van der Waals surface area contributed by atoms with Gasteiger partial charge in [-0.15, -0.1) is 12.3 Å². The molecule has 3 heteroatoms. The Morgan fingerprint density at radius 3 is 2.87 bits per heavy atom. The van der Waals surface area contributed by atoms with Gasteiger partial charge in [-0.2, -0.15) is 0 Å². The van der Waals surface area contributed by atoms with Gasteiger partial charge in [0.25, 0.3) is 0 Å². The number of terminal acetylenes is 1. The minimum Gasteiger partial charge on any atom is -0.382 e. The molecule has 0 saturated carbocycles. The van der Waals surface area contributed by atoms with Crippen molar-refractivity contribution in [2.45, 2.75) is 32.6 Å². The molecule has 0 spiro atoms. The van der Waals surface area contributed by atoms with E-state index in [-0.39, 0.29) is 5.97 Å². The molecule has 3 nitrogen and oxygen atoms in total. The Balaban J connectivity index is 3.39. The summed E-state index contributed by atoms with van der Waals surface area (Å²) in [7, 11) is 0. The van der Waals surface area contributed by atoms with Crippen LogP contribution in [0.3, 0.4) is 0 Å². The van der Waals surface area contributed by atoms with Crippen LogP contribution in [-0.2, 0) is 14.3 Å². The van der Waals surface area contributed by atoms with E-state index in [0.29, 0.717) is 38.9 Å². The van der Waals surface area contributed by atoms with E-state index in [2.05, 4.69) is 22.7 Å². The van der Waals surface area contributed by atoms with E-state index in [9.17, 15) is 4.79 Å². The maximum Gasteiger partial charge on any atom is 0.319 e. The molecule has 0 aliphatic rings. The van der Waals surface area contributed by atoms with Gasteiger partial charge in [-0.1, -0.05) is 5.92 Å². The molecule has 0 saturated heterocycles. The summed E-state index contributed by atoms with van der Waals surface area (Å²) in [5.74, 6) is 4.78. The highest BCUT2D eigenvalue weighted by atomic mass is 16.5. The zero-order valence-corrected chi connectivity index (χ0v) is 9.04. The van der Waals surface area contributed by atoms with E-state index in [1.54, 1.807) is 0 Å². The largest absolute Gasteiger partial charge is 0.382 e. The van der Waals surface area contributed by atoms with E-state index in [1.165, 1.54) is 0 Å². The second-order valence-corrected chi connectivity index (χ2v) is 2.76. The molecule has 0 heterocycles. The average molecular weight is 208 g/mol. The Bertz CT molecular complexity index is 265. The van der Waals surface area contributed by atoms with E-state index in [4.69, 9.17) is 11.2 Å². The van der Waals surface area contributed by atoms with Crippen LogP contribution in [0.4, 0.5) is 0 Å². The van der Waals surface area contributed by atoms with Gasteiger partial charge in [0.15, 0.2) is 0 Å². The summed E-state index contributed by atoms with van der Waals surface area (Å²) in [6, 6.07) is 0. The number of carbonyl (C=O) groups excluding carboxylic acids is 1. The van der Waals surface area contributed by atoms with E-state index in [0.717, 1.165) is 0 Å². The van der Waals surface area contributed by atoms with Crippen molar-refractivity contribution in [3.8, 4) is 24.4 Å². The first kappa shape index (κ1) is 13.5. The van der Waals surface area contributed by atoms with Crippen molar-refractivity contribution in [3.63, 3.8) is 0 Å². The third kappa shape index (κ3) is 10.5. The van der Waals surface area contributed by atoms with Crippen molar-refractivity contribution in [3.05, 3.63) is 0 Å². The zero-order chi connectivity index (χ0) is 11.4. The normalized spacial score (nSPS) is 8.53. The first-order valence-corrected chi connectivity index (χ1v) is 5.00. The van der Waals surface area contributed by atoms with Crippen LogP contribution in [0.5, 0.6) is 0 Å². The lowest BCUT2D eigenvalue weighted by Gasteiger charge is -1.98. The SMILES string of the molecule is C#CCCC#COC(=O)CCCOCC. The van der Waals surface area contributed by atoms with Crippen LogP contribution in [0.15, 0.2) is 0 Å². The quantitative estimate of drug-likeness (QED) is 0.379. The summed E-state index contributed by atoms with van der Waals surface area (Å²) in [5, 5.41) is 0. The number of ether oxygens (including phenoxy) is 2. The molecule has 0 rings (SSSR count). The highest BCUT2D eigenvalue weighted by Gasteiger charge is 1.99. The average Bonchev–Trinajstić information content (AvgIpc) is 2.24. The molecule has 0 fully saturated rings. The molecule has 0 radical (unpaired) electrons. The summed E-state index contributed by atoms with van der Waals surface area (Å²) < 4.78 is 9.72. The molecule has 0 bridgehead atoms. The number of hydrogen-bond donors (Lipinski definition) is 0. The third-order valence-corrected chi connectivity index (χ3v) is 1.51. The highest BCUT2D eigenvalue weighted by Crippen LogP contribution is 1.93. The molecule has 0 unspecified atom stereocenters. The van der Waals surface area contributed by atoms with Crippen molar-refractivity contribution < 1.29 is 14.3 Å². The summed E-state index contributed by atoms with van der Waals surface area (Å²) in [5.41, 5.74) is 0. The summed E-state index contributed by atoms with van der Waals surface area (Å²) in [6.07, 6.45) is 9.49. The molecule has 15 heavy (non-hydrogen) atoms. The lowest BCUT2D eigenvalue weighted by Crippen LogP contribution is -2.02. The van der Waals surface area contributed by atoms with Gasteiger partial charge in [0.2, 0.25) is 0 Å². The van der Waals surface area contributed by atoms with Crippen molar-refractivity contribution >= 4 is 5.97 Å². The topological polar surface area (TPSA) is 35.5 Å². The van der Waals surface area contributed by atoms with E-state index >= 15 is 0 Å². The molecule has 0 amide bonds. The Morgan fingerprint density at radius 1 is 1.40 bits per heavy atom. The molecule has 0 aromatic rings. The van der Waals surface area contributed by atoms with Gasteiger partial charge in [-0.25, -0.2) is 0 Å². The van der Waals surface area contributed by atoms with Gasteiger partial charge in [0.05, 0.1) is 0 Å². The number of unbranched alkanes of at least 4 members (excludes halogenated alkanes) is 1. The van der Waals surface area contributed by atoms with Crippen LogP contribution in [0.1, 0.15) is 32.6 Å². The smallest absolute Gasteiger partial charge is 0.319 e. The second kappa shape index (κ2) is 10.6. The maximum atomic E-state index is 11.0. The molecule has 0 aromatic carbocycles. The lowest BCUT2D eigenvalue weighted by molar-refractivity contribution is -0.137. The fraction of sp³-hybridized carbons (Fsp3) is 0.583. The van der Waals surface area contributed by atoms with Crippen LogP contribution in [0, 0.1) is 24.4 Å². The van der Waals surface area contributed by atoms with Gasteiger partial charge in [0, 0.05) is 32.5 Å². The standard InChI is InChI=1S/C12H16O3/c1-3-5-6-7-11-15-12(13)9-8-10-14-4-2/h1H,4-6,8-10H2,2H3. The van der Waals surface area contributed by atoms with Crippen molar-refractivity contribution in [2.24, 2.45) is 0 Å². The van der Waals surface area contributed by atoms with Gasteiger partial charge >= 0.3 is 5.97 Å². The molecule has 0 aromatic heterocycles. The Kier molecular flexibility index (Phi) is 9.60. The molecular weight excluding hydrogens is 192 g/mol. The molecule has 0 atom stereocenters. The van der Waals surface area contributed by atoms with Gasteiger partial charge in [-0.05, 0) is 13.3 Å². The van der Waals surface area contributed by atoms with Gasteiger partial charge < -0.3 is 9.47 Å². The number of hydrogen-bond acceptors (Lipinski definition) is 3. The summed E-state index contributed by atoms with van der Waals surface area (Å²) in [4.78, 5) is 11.0. The van der Waals surface area contributed by atoms with Gasteiger partial charge in [-0.3, -0.25) is 4.79 Å².